The molecule has 0 radical (unpaired) electrons. The lowest BCUT2D eigenvalue weighted by molar-refractivity contribution is 0.0526. The van der Waals surface area contributed by atoms with Crippen molar-refractivity contribution in [1.82, 2.24) is 4.90 Å². The van der Waals surface area contributed by atoms with Gasteiger partial charge >= 0.3 is 5.97 Å². The maximum Gasteiger partial charge on any atom is 0.338 e. The molecule has 0 aliphatic carbocycles. The SMILES string of the molecule is CCOC(=O)c1ccc(S(=O)(=O)Nc2cccc(C(=O)N(CC)CC)c2)cc1. The topological polar surface area (TPSA) is 92.8 Å². The van der Waals surface area contributed by atoms with Gasteiger partial charge in [0.15, 0.2) is 0 Å². The summed E-state index contributed by atoms with van der Waals surface area (Å²) in [5.74, 6) is -0.674. The zero-order valence-corrected chi connectivity index (χ0v) is 17.0. The zero-order valence-electron chi connectivity index (χ0n) is 16.1. The highest BCUT2D eigenvalue weighted by atomic mass is 32.2. The van der Waals surface area contributed by atoms with Crippen molar-refractivity contribution in [2.75, 3.05) is 24.4 Å². The molecule has 8 heteroatoms. The molecule has 1 amide bonds. The molecule has 0 aliphatic rings. The molecule has 28 heavy (non-hydrogen) atoms. The van der Waals surface area contributed by atoms with Crippen molar-refractivity contribution in [3.8, 4) is 0 Å². The highest BCUT2D eigenvalue weighted by molar-refractivity contribution is 7.92. The van der Waals surface area contributed by atoms with Crippen LogP contribution in [-0.2, 0) is 14.8 Å². The summed E-state index contributed by atoms with van der Waals surface area (Å²) in [7, 11) is -3.87. The van der Waals surface area contributed by atoms with E-state index >= 15 is 0 Å². The smallest absolute Gasteiger partial charge is 0.338 e. The van der Waals surface area contributed by atoms with Gasteiger partial charge in [-0.2, -0.15) is 0 Å². The van der Waals surface area contributed by atoms with Crippen LogP contribution in [0.1, 0.15) is 41.5 Å². The molecule has 2 aromatic carbocycles. The standard InChI is InChI=1S/C20H24N2O5S/c1-4-22(5-2)19(23)16-8-7-9-17(14-16)21-28(25,26)18-12-10-15(11-13-18)20(24)27-6-3/h7-14,21H,4-6H2,1-3H3. The van der Waals surface area contributed by atoms with Crippen LogP contribution in [0.3, 0.4) is 0 Å². The molecule has 2 rings (SSSR count). The fourth-order valence-electron chi connectivity index (χ4n) is 2.61. The molecule has 0 atom stereocenters. The molecule has 0 bridgehead atoms. The van der Waals surface area contributed by atoms with E-state index in [-0.39, 0.29) is 28.7 Å². The second-order valence-corrected chi connectivity index (χ2v) is 7.59. The predicted molar refractivity (Wildman–Crippen MR) is 107 cm³/mol. The third-order valence-electron chi connectivity index (χ3n) is 4.09. The summed E-state index contributed by atoms with van der Waals surface area (Å²) in [5, 5.41) is 0. The molecule has 0 saturated heterocycles. The molecule has 150 valence electrons. The van der Waals surface area contributed by atoms with E-state index in [9.17, 15) is 18.0 Å². The van der Waals surface area contributed by atoms with E-state index in [1.54, 1.807) is 30.0 Å². The fraction of sp³-hybridized carbons (Fsp3) is 0.300. The zero-order chi connectivity index (χ0) is 20.7. The number of hydrogen-bond acceptors (Lipinski definition) is 5. The number of anilines is 1. The Morgan fingerprint density at radius 1 is 0.964 bits per heavy atom. The number of carbonyl (C=O) groups excluding carboxylic acids is 2. The lowest BCUT2D eigenvalue weighted by Gasteiger charge is -2.19. The molecule has 1 N–H and O–H groups in total. The monoisotopic (exact) mass is 404 g/mol. The van der Waals surface area contributed by atoms with Crippen LogP contribution in [0.15, 0.2) is 53.4 Å². The van der Waals surface area contributed by atoms with Gasteiger partial charge in [0.25, 0.3) is 15.9 Å². The van der Waals surface area contributed by atoms with Gasteiger partial charge in [0.2, 0.25) is 0 Å². The van der Waals surface area contributed by atoms with E-state index in [1.165, 1.54) is 30.3 Å². The highest BCUT2D eigenvalue weighted by Gasteiger charge is 2.17. The molecular formula is C20H24N2O5S. The molecule has 0 saturated carbocycles. The van der Waals surface area contributed by atoms with E-state index < -0.39 is 16.0 Å². The van der Waals surface area contributed by atoms with Crippen molar-refractivity contribution in [1.29, 1.82) is 0 Å². The molecule has 7 nitrogen and oxygen atoms in total. The van der Waals surface area contributed by atoms with Crippen LogP contribution in [0.2, 0.25) is 0 Å². The van der Waals surface area contributed by atoms with Crippen LogP contribution in [-0.4, -0.2) is 44.9 Å². The number of sulfonamides is 1. The van der Waals surface area contributed by atoms with Crippen LogP contribution in [0.4, 0.5) is 5.69 Å². The fourth-order valence-corrected chi connectivity index (χ4v) is 3.66. The molecular weight excluding hydrogens is 380 g/mol. The largest absolute Gasteiger partial charge is 0.462 e. The third-order valence-corrected chi connectivity index (χ3v) is 5.49. The van der Waals surface area contributed by atoms with Crippen molar-refractivity contribution in [2.24, 2.45) is 0 Å². The summed E-state index contributed by atoms with van der Waals surface area (Å²) >= 11 is 0. The highest BCUT2D eigenvalue weighted by Crippen LogP contribution is 2.19. The number of ether oxygens (including phenoxy) is 1. The van der Waals surface area contributed by atoms with Crippen LogP contribution < -0.4 is 4.72 Å². The molecule has 0 aromatic heterocycles. The molecule has 0 unspecified atom stereocenters. The number of esters is 1. The molecule has 0 aliphatic heterocycles. The Bertz CT molecular complexity index is 935. The number of nitrogens with one attached hydrogen (secondary N) is 1. The number of hydrogen-bond donors (Lipinski definition) is 1. The van der Waals surface area contributed by atoms with E-state index in [0.717, 1.165) is 0 Å². The van der Waals surface area contributed by atoms with Crippen LogP contribution in [0.5, 0.6) is 0 Å². The lowest BCUT2D eigenvalue weighted by Crippen LogP contribution is -2.30. The van der Waals surface area contributed by atoms with Gasteiger partial charge in [-0.15, -0.1) is 0 Å². The Hall–Kier alpha value is -2.87. The van der Waals surface area contributed by atoms with Gasteiger partial charge in [-0.05, 0) is 63.2 Å². The minimum Gasteiger partial charge on any atom is -0.462 e. The van der Waals surface area contributed by atoms with Crippen molar-refractivity contribution in [2.45, 2.75) is 25.7 Å². The molecule has 0 heterocycles. The number of rotatable bonds is 8. The second-order valence-electron chi connectivity index (χ2n) is 5.91. The normalized spacial score (nSPS) is 11.0. The van der Waals surface area contributed by atoms with Crippen LogP contribution in [0, 0.1) is 0 Å². The minimum absolute atomic E-state index is 0.000945. The van der Waals surface area contributed by atoms with Gasteiger partial charge in [-0.1, -0.05) is 6.07 Å². The van der Waals surface area contributed by atoms with Gasteiger partial charge in [0, 0.05) is 24.3 Å². The Labute approximate surface area is 165 Å². The van der Waals surface area contributed by atoms with E-state index in [0.29, 0.717) is 18.7 Å². The number of benzene rings is 2. The van der Waals surface area contributed by atoms with Crippen molar-refractivity contribution in [3.05, 3.63) is 59.7 Å². The Morgan fingerprint density at radius 3 is 2.18 bits per heavy atom. The predicted octanol–water partition coefficient (Wildman–Crippen LogP) is 3.15. The van der Waals surface area contributed by atoms with Crippen molar-refractivity contribution >= 4 is 27.6 Å². The minimum atomic E-state index is -3.87. The Kier molecular flexibility index (Phi) is 7.17. The number of amides is 1. The van der Waals surface area contributed by atoms with Crippen LogP contribution >= 0.6 is 0 Å². The van der Waals surface area contributed by atoms with Gasteiger partial charge in [-0.3, -0.25) is 9.52 Å². The molecule has 0 spiro atoms. The second kappa shape index (κ2) is 9.36. The Balaban J connectivity index is 2.21. The molecule has 2 aromatic rings. The maximum absolute atomic E-state index is 12.6. The number of nitrogens with zero attached hydrogens (tertiary/aromatic N) is 1. The van der Waals surface area contributed by atoms with Gasteiger partial charge in [-0.25, -0.2) is 13.2 Å². The summed E-state index contributed by atoms with van der Waals surface area (Å²) in [4.78, 5) is 25.8. The summed E-state index contributed by atoms with van der Waals surface area (Å²) in [6.07, 6.45) is 0. The van der Waals surface area contributed by atoms with Gasteiger partial charge in [0.05, 0.1) is 17.1 Å². The van der Waals surface area contributed by atoms with Crippen molar-refractivity contribution in [3.63, 3.8) is 0 Å². The first-order valence-electron chi connectivity index (χ1n) is 9.01. The third kappa shape index (κ3) is 5.10. The van der Waals surface area contributed by atoms with Crippen molar-refractivity contribution < 1.29 is 22.7 Å². The summed E-state index contributed by atoms with van der Waals surface area (Å²) in [5.41, 5.74) is 0.960. The first-order chi connectivity index (χ1) is 13.3. The Morgan fingerprint density at radius 2 is 1.61 bits per heavy atom. The van der Waals surface area contributed by atoms with Gasteiger partial charge < -0.3 is 9.64 Å². The first kappa shape index (κ1) is 21.4. The van der Waals surface area contributed by atoms with E-state index in [4.69, 9.17) is 4.74 Å². The van der Waals surface area contributed by atoms with E-state index in [2.05, 4.69) is 4.72 Å². The van der Waals surface area contributed by atoms with Gasteiger partial charge in [0.1, 0.15) is 0 Å². The average Bonchev–Trinajstić information content (AvgIpc) is 2.69. The summed E-state index contributed by atoms with van der Waals surface area (Å²) < 4.78 is 32.6. The van der Waals surface area contributed by atoms with E-state index in [1.807, 2.05) is 13.8 Å². The molecule has 0 fully saturated rings. The van der Waals surface area contributed by atoms with Crippen LogP contribution in [0.25, 0.3) is 0 Å². The summed E-state index contributed by atoms with van der Waals surface area (Å²) in [6.45, 7) is 6.83. The summed E-state index contributed by atoms with van der Waals surface area (Å²) in [6, 6.07) is 11.8. The first-order valence-corrected chi connectivity index (χ1v) is 10.5. The lowest BCUT2D eigenvalue weighted by atomic mass is 10.2. The maximum atomic E-state index is 12.6. The average molecular weight is 404 g/mol. The number of carbonyl (C=O) groups is 2. The quantitative estimate of drug-likeness (QED) is 0.682.